The topological polar surface area (TPSA) is 81.0 Å². The van der Waals surface area contributed by atoms with Crippen LogP contribution in [0.2, 0.25) is 0 Å². The summed E-state index contributed by atoms with van der Waals surface area (Å²) < 4.78 is 0. The van der Waals surface area contributed by atoms with Crippen LogP contribution in [0, 0.1) is 40.9 Å². The predicted molar refractivity (Wildman–Crippen MR) is 119 cm³/mol. The SMILES string of the molecule is C[C@]12C[C@@H](CO)[C@H](O)[C@H](O)C1CCC1[C@@H]2CC[C@@]2(C)[C@H]1CCCN2C(=O)C1CCCC1. The van der Waals surface area contributed by atoms with Gasteiger partial charge in [0.15, 0.2) is 0 Å². The number of piperidine rings is 1. The molecule has 9 atom stereocenters. The maximum absolute atomic E-state index is 13.5. The number of likely N-dealkylation sites (tertiary alicyclic amines) is 1. The zero-order valence-corrected chi connectivity index (χ0v) is 19.5. The van der Waals surface area contributed by atoms with E-state index in [-0.39, 0.29) is 35.3 Å². The van der Waals surface area contributed by atoms with Gasteiger partial charge in [0.05, 0.1) is 12.2 Å². The largest absolute Gasteiger partial charge is 0.396 e. The summed E-state index contributed by atoms with van der Waals surface area (Å²) in [6.07, 6.45) is 10.4. The van der Waals surface area contributed by atoms with Gasteiger partial charge in [-0.2, -0.15) is 0 Å². The smallest absolute Gasteiger partial charge is 0.226 e. The monoisotopic (exact) mass is 433 g/mol. The lowest BCUT2D eigenvalue weighted by Crippen LogP contribution is -2.67. The molecule has 3 N–H and O–H groups in total. The number of carbonyl (C=O) groups excluding carboxylic acids is 1. The first kappa shape index (κ1) is 22.2. The lowest BCUT2D eigenvalue weighted by Gasteiger charge is -2.65. The van der Waals surface area contributed by atoms with Crippen molar-refractivity contribution in [3.63, 3.8) is 0 Å². The second-order valence-corrected chi connectivity index (χ2v) is 12.2. The van der Waals surface area contributed by atoms with E-state index in [1.54, 1.807) is 0 Å². The van der Waals surface area contributed by atoms with Crippen LogP contribution in [0.5, 0.6) is 0 Å². The van der Waals surface area contributed by atoms with Crippen LogP contribution in [0.1, 0.15) is 84.5 Å². The molecule has 0 aromatic rings. The Labute approximate surface area is 187 Å². The van der Waals surface area contributed by atoms with Crippen LogP contribution in [-0.2, 0) is 4.79 Å². The van der Waals surface area contributed by atoms with Gasteiger partial charge in [-0.15, -0.1) is 0 Å². The minimum atomic E-state index is -0.803. The van der Waals surface area contributed by atoms with E-state index in [9.17, 15) is 20.1 Å². The van der Waals surface area contributed by atoms with E-state index in [0.29, 0.717) is 23.7 Å². The molecule has 1 saturated heterocycles. The van der Waals surface area contributed by atoms with Crippen molar-refractivity contribution in [3.8, 4) is 0 Å². The highest BCUT2D eigenvalue weighted by atomic mass is 16.3. The van der Waals surface area contributed by atoms with E-state index in [0.717, 1.165) is 57.9 Å². The molecular formula is C26H43NO4. The molecule has 0 radical (unpaired) electrons. The van der Waals surface area contributed by atoms with Crippen molar-refractivity contribution in [1.82, 2.24) is 4.90 Å². The zero-order valence-electron chi connectivity index (χ0n) is 19.5. The summed E-state index contributed by atoms with van der Waals surface area (Å²) in [6.45, 7) is 5.59. The van der Waals surface area contributed by atoms with Gasteiger partial charge >= 0.3 is 0 Å². The predicted octanol–water partition coefficient (Wildman–Crippen LogP) is 3.35. The molecule has 1 amide bonds. The standard InChI is InChI=1S/C26H43NO4/c1-25-14-17(15-28)22(29)23(30)21(25)10-9-18-19(25)11-12-26(2)20(18)8-5-13-27(26)24(31)16-6-3-4-7-16/h16-23,28-30H,3-15H2,1-2H3/t17-,18?,19-,20-,21?,22-,23+,25+,26-/m0/s1. The Morgan fingerprint density at radius 1 is 0.903 bits per heavy atom. The van der Waals surface area contributed by atoms with Gasteiger partial charge in [-0.1, -0.05) is 19.8 Å². The maximum atomic E-state index is 13.5. The van der Waals surface area contributed by atoms with Crippen molar-refractivity contribution in [2.75, 3.05) is 13.2 Å². The normalized spacial score (nSPS) is 50.5. The van der Waals surface area contributed by atoms with Gasteiger partial charge < -0.3 is 20.2 Å². The molecule has 0 aromatic carbocycles. The summed E-state index contributed by atoms with van der Waals surface area (Å²) >= 11 is 0. The minimum absolute atomic E-state index is 0.0224. The number of aliphatic hydroxyl groups excluding tert-OH is 3. The molecule has 0 aromatic heterocycles. The summed E-state index contributed by atoms with van der Waals surface area (Å²) in [5.74, 6) is 2.22. The van der Waals surface area contributed by atoms with E-state index >= 15 is 0 Å². The van der Waals surface area contributed by atoms with Gasteiger partial charge in [0, 0.05) is 30.5 Å². The Balaban J connectivity index is 1.41. The minimum Gasteiger partial charge on any atom is -0.396 e. The van der Waals surface area contributed by atoms with Crippen LogP contribution >= 0.6 is 0 Å². The van der Waals surface area contributed by atoms with E-state index in [1.807, 2.05) is 0 Å². The lowest BCUT2D eigenvalue weighted by molar-refractivity contribution is -0.205. The quantitative estimate of drug-likeness (QED) is 0.624. The van der Waals surface area contributed by atoms with Crippen molar-refractivity contribution in [1.29, 1.82) is 0 Å². The Morgan fingerprint density at radius 2 is 1.65 bits per heavy atom. The fraction of sp³-hybridized carbons (Fsp3) is 0.962. The number of hydrogen-bond acceptors (Lipinski definition) is 4. The Morgan fingerprint density at radius 3 is 2.35 bits per heavy atom. The molecule has 1 heterocycles. The molecule has 5 nitrogen and oxygen atoms in total. The third kappa shape index (κ3) is 3.24. The fourth-order valence-electron chi connectivity index (χ4n) is 9.37. The van der Waals surface area contributed by atoms with Crippen LogP contribution < -0.4 is 0 Å². The van der Waals surface area contributed by atoms with Gasteiger partial charge in [0.1, 0.15) is 0 Å². The second-order valence-electron chi connectivity index (χ2n) is 12.2. The number of nitrogens with zero attached hydrogens (tertiary/aromatic N) is 1. The van der Waals surface area contributed by atoms with Crippen molar-refractivity contribution < 1.29 is 20.1 Å². The van der Waals surface area contributed by atoms with Crippen LogP contribution in [0.15, 0.2) is 0 Å². The first-order chi connectivity index (χ1) is 14.8. The van der Waals surface area contributed by atoms with E-state index < -0.39 is 12.2 Å². The highest BCUT2D eigenvalue weighted by Crippen LogP contribution is 2.64. The molecule has 5 fully saturated rings. The van der Waals surface area contributed by atoms with Gasteiger partial charge in [0.25, 0.3) is 0 Å². The number of carbonyl (C=O) groups is 1. The molecule has 0 bridgehead atoms. The highest BCUT2D eigenvalue weighted by molar-refractivity contribution is 5.80. The van der Waals surface area contributed by atoms with Gasteiger partial charge in [-0.3, -0.25) is 4.79 Å². The molecular weight excluding hydrogens is 390 g/mol. The average molecular weight is 434 g/mol. The van der Waals surface area contributed by atoms with Crippen LogP contribution in [-0.4, -0.2) is 57.0 Å². The first-order valence-corrected chi connectivity index (χ1v) is 13.1. The number of rotatable bonds is 2. The summed E-state index contributed by atoms with van der Waals surface area (Å²) in [5, 5.41) is 31.4. The highest BCUT2D eigenvalue weighted by Gasteiger charge is 2.62. The lowest BCUT2D eigenvalue weighted by atomic mass is 9.43. The average Bonchev–Trinajstić information content (AvgIpc) is 3.30. The van der Waals surface area contributed by atoms with Crippen molar-refractivity contribution in [2.24, 2.45) is 40.9 Å². The van der Waals surface area contributed by atoms with E-state index in [1.165, 1.54) is 19.3 Å². The number of hydrogen-bond donors (Lipinski definition) is 3. The molecule has 5 aliphatic rings. The third-order valence-electron chi connectivity index (χ3n) is 11.0. The van der Waals surface area contributed by atoms with Crippen molar-refractivity contribution in [2.45, 2.75) is 102 Å². The summed E-state index contributed by atoms with van der Waals surface area (Å²) in [5.41, 5.74) is -0.0561. The first-order valence-electron chi connectivity index (χ1n) is 13.1. The Bertz CT molecular complexity index is 693. The fourth-order valence-corrected chi connectivity index (χ4v) is 9.37. The molecule has 31 heavy (non-hydrogen) atoms. The van der Waals surface area contributed by atoms with E-state index in [4.69, 9.17) is 0 Å². The van der Waals surface area contributed by atoms with Crippen molar-refractivity contribution >= 4 is 5.91 Å². The number of aliphatic hydroxyl groups is 3. The molecule has 2 unspecified atom stereocenters. The Kier molecular flexibility index (Phi) is 5.71. The number of amides is 1. The zero-order chi connectivity index (χ0) is 22.0. The van der Waals surface area contributed by atoms with Gasteiger partial charge in [0.2, 0.25) is 5.91 Å². The molecule has 4 saturated carbocycles. The molecule has 176 valence electrons. The van der Waals surface area contributed by atoms with Crippen LogP contribution in [0.4, 0.5) is 0 Å². The second kappa shape index (κ2) is 7.99. The van der Waals surface area contributed by atoms with Crippen molar-refractivity contribution in [3.05, 3.63) is 0 Å². The van der Waals surface area contributed by atoms with Gasteiger partial charge in [-0.05, 0) is 93.8 Å². The summed E-state index contributed by atoms with van der Waals surface area (Å²) in [6, 6.07) is 0. The molecule has 5 heteroatoms. The molecule has 5 rings (SSSR count). The maximum Gasteiger partial charge on any atom is 0.226 e. The molecule has 0 spiro atoms. The molecule has 4 aliphatic carbocycles. The van der Waals surface area contributed by atoms with E-state index in [2.05, 4.69) is 18.7 Å². The van der Waals surface area contributed by atoms with Crippen LogP contribution in [0.3, 0.4) is 0 Å². The summed E-state index contributed by atoms with van der Waals surface area (Å²) in [7, 11) is 0. The third-order valence-corrected chi connectivity index (χ3v) is 11.0. The van der Waals surface area contributed by atoms with Crippen LogP contribution in [0.25, 0.3) is 0 Å². The molecule has 1 aliphatic heterocycles. The van der Waals surface area contributed by atoms with Gasteiger partial charge in [-0.25, -0.2) is 0 Å². The summed E-state index contributed by atoms with van der Waals surface area (Å²) in [4.78, 5) is 15.8. The number of fused-ring (bicyclic) bond motifs is 5. The Hall–Kier alpha value is -0.650.